The summed E-state index contributed by atoms with van der Waals surface area (Å²) in [6, 6.07) is 18.1. The van der Waals surface area contributed by atoms with Crippen LogP contribution >= 0.6 is 0 Å². The van der Waals surface area contributed by atoms with Crippen LogP contribution in [-0.2, 0) is 28.9 Å². The van der Waals surface area contributed by atoms with Gasteiger partial charge >= 0.3 is 12.1 Å². The average molecular weight is 665 g/mol. The van der Waals surface area contributed by atoms with Crippen molar-refractivity contribution in [3.63, 3.8) is 0 Å². The monoisotopic (exact) mass is 664 g/mol. The lowest BCUT2D eigenvalue weighted by Gasteiger charge is -2.36. The van der Waals surface area contributed by atoms with E-state index in [1.807, 2.05) is 0 Å². The number of esters is 1. The van der Waals surface area contributed by atoms with Gasteiger partial charge in [0.2, 0.25) is 15.7 Å². The summed E-state index contributed by atoms with van der Waals surface area (Å²) in [4.78, 5) is 59.7. The molecular formula is C34H40N4O8S. The molecule has 3 amide bonds. The third-order valence-electron chi connectivity index (χ3n) is 7.24. The van der Waals surface area contributed by atoms with Crippen LogP contribution in [0.2, 0.25) is 0 Å². The molecule has 0 aliphatic carbocycles. The number of amides is 3. The summed E-state index contributed by atoms with van der Waals surface area (Å²) in [6.45, 7) is 7.97. The molecule has 13 heteroatoms. The number of rotatable bonds is 10. The van der Waals surface area contributed by atoms with Crippen LogP contribution < -0.4 is 5.32 Å². The Balaban J connectivity index is 1.64. The number of hydrogen-bond donors (Lipinski definition) is 1. The number of benzene rings is 2. The Labute approximate surface area is 275 Å². The summed E-state index contributed by atoms with van der Waals surface area (Å²) in [5, 5.41) is 2.70. The molecule has 1 fully saturated rings. The Morgan fingerprint density at radius 2 is 1.47 bits per heavy atom. The summed E-state index contributed by atoms with van der Waals surface area (Å²) < 4.78 is 37.7. The fourth-order valence-corrected chi connectivity index (χ4v) is 6.28. The maximum absolute atomic E-state index is 13.8. The molecule has 2 heterocycles. The smallest absolute Gasteiger partial charge is 0.409 e. The minimum absolute atomic E-state index is 0.0453. The van der Waals surface area contributed by atoms with Gasteiger partial charge in [0, 0.05) is 38.2 Å². The topological polar surface area (TPSA) is 152 Å². The molecule has 3 aromatic rings. The summed E-state index contributed by atoms with van der Waals surface area (Å²) in [7, 11) is -4.04. The normalized spacial score (nSPS) is 14.2. The van der Waals surface area contributed by atoms with Gasteiger partial charge in [0.1, 0.15) is 17.3 Å². The maximum Gasteiger partial charge on any atom is 0.409 e. The van der Waals surface area contributed by atoms with Crippen LogP contribution in [0.4, 0.5) is 4.79 Å². The van der Waals surface area contributed by atoms with E-state index in [9.17, 15) is 27.6 Å². The van der Waals surface area contributed by atoms with Crippen LogP contribution in [0.5, 0.6) is 0 Å². The van der Waals surface area contributed by atoms with Crippen LogP contribution in [-0.4, -0.2) is 91.5 Å². The Morgan fingerprint density at radius 3 is 2.06 bits per heavy atom. The van der Waals surface area contributed by atoms with E-state index in [4.69, 9.17) is 9.47 Å². The van der Waals surface area contributed by atoms with Gasteiger partial charge in [-0.2, -0.15) is 0 Å². The number of aromatic nitrogens is 1. The van der Waals surface area contributed by atoms with Crippen molar-refractivity contribution < 1.29 is 37.1 Å². The van der Waals surface area contributed by atoms with Gasteiger partial charge in [0.05, 0.1) is 22.1 Å². The van der Waals surface area contributed by atoms with E-state index in [2.05, 4.69) is 10.3 Å². The minimum atomic E-state index is -4.04. The van der Waals surface area contributed by atoms with E-state index >= 15 is 0 Å². The first kappa shape index (κ1) is 35.1. The number of pyridine rings is 1. The van der Waals surface area contributed by atoms with Gasteiger partial charge in [-0.05, 0) is 58.4 Å². The Morgan fingerprint density at radius 1 is 0.872 bits per heavy atom. The van der Waals surface area contributed by atoms with E-state index in [0.29, 0.717) is 5.56 Å². The SMILES string of the molecule is CCOC(=O)N1CCN(C(=O)[C@H](CCC(=O)OC(C)(C)C)NC(=O)c2cc(S(=O)(=O)c3ccccc3)cc(-c3ccccc3)n2)CC1. The molecule has 0 saturated carbocycles. The fourth-order valence-electron chi connectivity index (χ4n) is 4.96. The molecule has 1 N–H and O–H groups in total. The molecule has 1 atom stereocenters. The van der Waals surface area contributed by atoms with Crippen molar-refractivity contribution in [1.82, 2.24) is 20.1 Å². The third-order valence-corrected chi connectivity index (χ3v) is 8.99. The number of piperazine rings is 1. The fraction of sp³-hybridized carbons (Fsp3) is 0.382. The van der Waals surface area contributed by atoms with Gasteiger partial charge in [-0.25, -0.2) is 18.2 Å². The highest BCUT2D eigenvalue weighted by atomic mass is 32.2. The lowest BCUT2D eigenvalue weighted by Crippen LogP contribution is -2.56. The molecule has 0 spiro atoms. The highest BCUT2D eigenvalue weighted by Gasteiger charge is 2.32. The zero-order valence-electron chi connectivity index (χ0n) is 27.0. The first-order chi connectivity index (χ1) is 22.3. The predicted molar refractivity (Wildman–Crippen MR) is 173 cm³/mol. The van der Waals surface area contributed by atoms with Crippen molar-refractivity contribution >= 4 is 33.7 Å². The second-order valence-electron chi connectivity index (χ2n) is 11.9. The van der Waals surface area contributed by atoms with Crippen molar-refractivity contribution in [2.75, 3.05) is 32.8 Å². The summed E-state index contributed by atoms with van der Waals surface area (Å²) in [5.41, 5.74) is -0.127. The van der Waals surface area contributed by atoms with E-state index < -0.39 is 45.4 Å². The Hall–Kier alpha value is -4.78. The second kappa shape index (κ2) is 15.2. The molecule has 2 aromatic carbocycles. The quantitative estimate of drug-likeness (QED) is 0.316. The van der Waals surface area contributed by atoms with Gasteiger partial charge in [-0.1, -0.05) is 48.5 Å². The van der Waals surface area contributed by atoms with E-state index in [1.165, 1.54) is 34.1 Å². The average Bonchev–Trinajstić information content (AvgIpc) is 3.06. The van der Waals surface area contributed by atoms with Gasteiger partial charge in [0.25, 0.3) is 5.91 Å². The number of nitrogens with zero attached hydrogens (tertiary/aromatic N) is 3. The molecule has 4 rings (SSSR count). The summed E-state index contributed by atoms with van der Waals surface area (Å²) in [5.74, 6) is -1.79. The van der Waals surface area contributed by atoms with Gasteiger partial charge in [-0.3, -0.25) is 14.4 Å². The molecule has 1 aromatic heterocycles. The number of carbonyl (C=O) groups is 4. The number of ether oxygens (including phenoxy) is 2. The van der Waals surface area contributed by atoms with Gasteiger partial charge in [-0.15, -0.1) is 0 Å². The van der Waals surface area contributed by atoms with Crippen molar-refractivity contribution in [3.05, 3.63) is 78.5 Å². The van der Waals surface area contributed by atoms with E-state index in [0.717, 1.165) is 0 Å². The van der Waals surface area contributed by atoms with Crippen LogP contribution in [0.15, 0.2) is 82.6 Å². The predicted octanol–water partition coefficient (Wildman–Crippen LogP) is 4.10. The molecule has 1 aliphatic rings. The van der Waals surface area contributed by atoms with Gasteiger partial charge in [0.15, 0.2) is 0 Å². The largest absolute Gasteiger partial charge is 0.460 e. The number of sulfone groups is 1. The zero-order valence-corrected chi connectivity index (χ0v) is 27.8. The van der Waals surface area contributed by atoms with Crippen LogP contribution in [0.25, 0.3) is 11.3 Å². The first-order valence-corrected chi connectivity index (χ1v) is 16.9. The molecule has 1 aliphatic heterocycles. The third kappa shape index (κ3) is 9.38. The van der Waals surface area contributed by atoms with E-state index in [1.54, 1.807) is 76.2 Å². The van der Waals surface area contributed by atoms with Crippen molar-refractivity contribution in [3.8, 4) is 11.3 Å². The Bertz CT molecular complexity index is 1680. The first-order valence-electron chi connectivity index (χ1n) is 15.4. The van der Waals surface area contributed by atoms with E-state index in [-0.39, 0.29) is 66.8 Å². The number of carbonyl (C=O) groups excluding carboxylic acids is 4. The molecule has 0 radical (unpaired) electrons. The molecule has 1 saturated heterocycles. The molecular weight excluding hydrogens is 624 g/mol. The lowest BCUT2D eigenvalue weighted by molar-refractivity contribution is -0.155. The van der Waals surface area contributed by atoms with Crippen molar-refractivity contribution in [2.45, 2.75) is 62.0 Å². The van der Waals surface area contributed by atoms with Crippen LogP contribution in [0.1, 0.15) is 51.0 Å². The molecule has 250 valence electrons. The lowest BCUT2D eigenvalue weighted by atomic mass is 10.1. The highest BCUT2D eigenvalue weighted by Crippen LogP contribution is 2.26. The maximum atomic E-state index is 13.8. The summed E-state index contributed by atoms with van der Waals surface area (Å²) >= 11 is 0. The molecule has 0 bridgehead atoms. The molecule has 47 heavy (non-hydrogen) atoms. The molecule has 12 nitrogen and oxygen atoms in total. The van der Waals surface area contributed by atoms with Crippen molar-refractivity contribution in [2.24, 2.45) is 0 Å². The Kier molecular flexibility index (Phi) is 11.3. The van der Waals surface area contributed by atoms with Crippen LogP contribution in [0, 0.1) is 0 Å². The standard InChI is InChI=1S/C34H40N4O8S/c1-5-45-33(42)38-20-18-37(19-21-38)32(41)27(16-17-30(39)46-34(2,3)4)36-31(40)29-23-26(47(43,44)25-14-10-7-11-15-25)22-28(35-29)24-12-8-6-9-13-24/h6-15,22-23,27H,5,16-21H2,1-4H3,(H,36,40)/t27-/m0/s1. The van der Waals surface area contributed by atoms with Crippen molar-refractivity contribution in [1.29, 1.82) is 0 Å². The number of nitrogens with one attached hydrogen (secondary N) is 1. The second-order valence-corrected chi connectivity index (χ2v) is 13.9. The molecule has 0 unspecified atom stereocenters. The zero-order chi connectivity index (χ0) is 34.2. The minimum Gasteiger partial charge on any atom is -0.460 e. The summed E-state index contributed by atoms with van der Waals surface area (Å²) in [6.07, 6.45) is -0.715. The van der Waals surface area contributed by atoms with Gasteiger partial charge < -0.3 is 24.6 Å². The van der Waals surface area contributed by atoms with Crippen LogP contribution in [0.3, 0.4) is 0 Å². The number of hydrogen-bond acceptors (Lipinski definition) is 9. The highest BCUT2D eigenvalue weighted by molar-refractivity contribution is 7.91.